The second-order valence-electron chi connectivity index (χ2n) is 0.578. The molecule has 2 nitrogen and oxygen atoms in total. The number of halogens is 6. The molecule has 0 aromatic heterocycles. The third-order valence-electron chi connectivity index (χ3n) is 0. The zero-order valence-electron chi connectivity index (χ0n) is 4.74. The smallest absolute Gasteiger partial charge is 0.210 e. The Kier molecular flexibility index (Phi) is 24.7. The van der Waals surface area contributed by atoms with E-state index in [4.69, 9.17) is 8.99 Å². The van der Waals surface area contributed by atoms with Crippen LogP contribution in [0.5, 0.6) is 0 Å². The zero-order valence-corrected chi connectivity index (χ0v) is 5.56. The maximum Gasteiger partial charge on any atom is 0.379 e. The van der Waals surface area contributed by atoms with E-state index in [1.165, 1.54) is 0 Å². The van der Waals surface area contributed by atoms with Crippen LogP contribution in [0.3, 0.4) is 0 Å². The molecule has 1 N–H and O–H groups in total. The van der Waals surface area contributed by atoms with Gasteiger partial charge < -0.3 is 0 Å². The van der Waals surface area contributed by atoms with Crippen molar-refractivity contribution in [1.82, 2.24) is 0 Å². The summed E-state index contributed by atoms with van der Waals surface area (Å²) in [5, 5.41) is 0. The highest BCUT2D eigenvalue weighted by molar-refractivity contribution is 7.53. The molecule has 0 unspecified atom stereocenters. The SMILES string of the molecule is FC(F)F.FC(F)F.N=S=O. The molecule has 0 aromatic carbocycles. The Labute approximate surface area is 61.2 Å². The van der Waals surface area contributed by atoms with Gasteiger partial charge in [-0.2, -0.15) is 30.6 Å². The fourth-order valence-corrected chi connectivity index (χ4v) is 0. The lowest BCUT2D eigenvalue weighted by atomic mass is 11.6. The molecule has 0 bridgehead atoms. The highest BCUT2D eigenvalue weighted by Gasteiger charge is 1.86. The van der Waals surface area contributed by atoms with E-state index < -0.39 is 13.4 Å². The molecule has 0 saturated heterocycles. The molecule has 0 spiro atoms. The first-order valence-corrected chi connectivity index (χ1v) is 2.42. The average Bonchev–Trinajstić information content (AvgIpc) is 1.60. The van der Waals surface area contributed by atoms with E-state index in [1.54, 1.807) is 0 Å². The van der Waals surface area contributed by atoms with E-state index in [0.29, 0.717) is 0 Å². The van der Waals surface area contributed by atoms with Crippen molar-refractivity contribution in [3.8, 4) is 0 Å². The van der Waals surface area contributed by atoms with Gasteiger partial charge in [0, 0.05) is 0 Å². The number of hydrogen-bond acceptors (Lipinski definition) is 2. The van der Waals surface area contributed by atoms with Crippen molar-refractivity contribution in [3.05, 3.63) is 0 Å². The summed E-state index contributed by atoms with van der Waals surface area (Å²) in [6.45, 7) is -7.33. The molecule has 0 atom stereocenters. The van der Waals surface area contributed by atoms with Gasteiger partial charge in [0.25, 0.3) is 0 Å². The minimum atomic E-state index is -3.67. The van der Waals surface area contributed by atoms with Gasteiger partial charge in [-0.15, -0.1) is 0 Å². The van der Waals surface area contributed by atoms with E-state index in [2.05, 4.69) is 0 Å². The van der Waals surface area contributed by atoms with E-state index in [1.807, 2.05) is 0 Å². The van der Waals surface area contributed by atoms with Crippen LogP contribution in [0.25, 0.3) is 0 Å². The van der Waals surface area contributed by atoms with Crippen molar-refractivity contribution >= 4 is 11.5 Å². The Morgan fingerprint density at radius 3 is 0.909 bits per heavy atom. The Balaban J connectivity index is -0.0000000886. The van der Waals surface area contributed by atoms with Gasteiger partial charge in [-0.1, -0.05) is 0 Å². The molecular formula is C2H3F6NOS. The molecule has 9 heteroatoms. The fraction of sp³-hybridized carbons (Fsp3) is 1.00. The van der Waals surface area contributed by atoms with Crippen LogP contribution in [0.15, 0.2) is 0 Å². The third kappa shape index (κ3) is 1430. The highest BCUT2D eigenvalue weighted by Crippen LogP contribution is 1.87. The van der Waals surface area contributed by atoms with Gasteiger partial charge in [0.1, 0.15) is 0 Å². The maximum atomic E-state index is 9.67. The highest BCUT2D eigenvalue weighted by atomic mass is 32.1. The van der Waals surface area contributed by atoms with Crippen LogP contribution in [-0.4, -0.2) is 17.6 Å². The van der Waals surface area contributed by atoms with Crippen molar-refractivity contribution in [2.75, 3.05) is 0 Å². The second kappa shape index (κ2) is 16.2. The molecule has 0 saturated carbocycles. The van der Waals surface area contributed by atoms with Crippen LogP contribution in [0.4, 0.5) is 26.3 Å². The Morgan fingerprint density at radius 2 is 0.909 bits per heavy atom. The summed E-state index contributed by atoms with van der Waals surface area (Å²) in [6, 6.07) is 0. The van der Waals surface area contributed by atoms with Crippen molar-refractivity contribution in [3.63, 3.8) is 0 Å². The number of hydrogen-bond donors (Lipinski definition) is 1. The Bertz CT molecular complexity index is 81.1. The average molecular weight is 203 g/mol. The largest absolute Gasteiger partial charge is 0.379 e. The predicted octanol–water partition coefficient (Wildman–Crippen LogP) is 2.32. The second-order valence-corrected chi connectivity index (χ2v) is 0.745. The Morgan fingerprint density at radius 1 is 0.909 bits per heavy atom. The molecular weight excluding hydrogens is 200 g/mol. The lowest BCUT2D eigenvalue weighted by Crippen LogP contribution is -1.65. The number of nitrogens with one attached hydrogen (secondary N) is 1. The molecule has 0 amide bonds. The summed E-state index contributed by atoms with van der Waals surface area (Å²) in [5.41, 5.74) is 0. The van der Waals surface area contributed by atoms with Crippen LogP contribution >= 0.6 is 0 Å². The van der Waals surface area contributed by atoms with Crippen LogP contribution in [0.2, 0.25) is 0 Å². The van der Waals surface area contributed by atoms with E-state index >= 15 is 0 Å². The molecule has 0 heterocycles. The first-order valence-electron chi connectivity index (χ1n) is 1.68. The molecule has 70 valence electrons. The summed E-state index contributed by atoms with van der Waals surface area (Å²) in [4.78, 5) is 0. The number of rotatable bonds is 0. The van der Waals surface area contributed by atoms with Crippen molar-refractivity contribution in [1.29, 1.82) is 4.78 Å². The van der Waals surface area contributed by atoms with Crippen LogP contribution in [-0.2, 0) is 11.5 Å². The molecule has 0 rings (SSSR count). The topological polar surface area (TPSA) is 40.9 Å². The summed E-state index contributed by atoms with van der Waals surface area (Å²) < 4.78 is 72.1. The molecule has 11 heavy (non-hydrogen) atoms. The first kappa shape index (κ1) is 16.8. The van der Waals surface area contributed by atoms with Gasteiger partial charge in [0.05, 0.1) is 0 Å². The standard InChI is InChI=1S/2CHF3.HNOS/c2*2-1(3)4;1-3-2/h2*1H;1H. The maximum absolute atomic E-state index is 9.67. The number of alkyl halides is 6. The molecule has 0 radical (unpaired) electrons. The van der Waals surface area contributed by atoms with E-state index in [9.17, 15) is 26.3 Å². The summed E-state index contributed by atoms with van der Waals surface area (Å²) >= 11 is -0.250. The monoisotopic (exact) mass is 203 g/mol. The van der Waals surface area contributed by atoms with Gasteiger partial charge in [-0.25, -0.2) is 4.78 Å². The van der Waals surface area contributed by atoms with Crippen molar-refractivity contribution < 1.29 is 30.6 Å². The Hall–Kier alpha value is -0.600. The zero-order chi connectivity index (χ0) is 9.86. The van der Waals surface area contributed by atoms with Crippen LogP contribution in [0.1, 0.15) is 0 Å². The first-order chi connectivity index (χ1) is 4.88. The minimum Gasteiger partial charge on any atom is -0.210 e. The molecule has 0 aliphatic carbocycles. The molecule has 0 aliphatic rings. The summed E-state index contributed by atoms with van der Waals surface area (Å²) in [7, 11) is 0. The van der Waals surface area contributed by atoms with E-state index in [0.717, 1.165) is 0 Å². The van der Waals surface area contributed by atoms with Crippen molar-refractivity contribution in [2.24, 2.45) is 0 Å². The van der Waals surface area contributed by atoms with Crippen LogP contribution in [0, 0.1) is 4.78 Å². The van der Waals surface area contributed by atoms with Gasteiger partial charge in [-0.3, -0.25) is 0 Å². The lowest BCUT2D eigenvalue weighted by Gasteiger charge is -1.65. The lowest BCUT2D eigenvalue weighted by molar-refractivity contribution is 0.00734. The molecule has 0 fully saturated rings. The van der Waals surface area contributed by atoms with E-state index in [-0.39, 0.29) is 11.5 Å². The summed E-state index contributed by atoms with van der Waals surface area (Å²) in [5.74, 6) is 0. The van der Waals surface area contributed by atoms with Crippen LogP contribution < -0.4 is 0 Å². The van der Waals surface area contributed by atoms with Gasteiger partial charge >= 0.3 is 13.4 Å². The summed E-state index contributed by atoms with van der Waals surface area (Å²) in [6.07, 6.45) is 0. The van der Waals surface area contributed by atoms with Gasteiger partial charge in [0.15, 0.2) is 11.5 Å². The van der Waals surface area contributed by atoms with Gasteiger partial charge in [-0.05, 0) is 0 Å². The quantitative estimate of drug-likeness (QED) is 0.603. The molecule has 0 aromatic rings. The minimum absolute atomic E-state index is 0.250. The third-order valence-corrected chi connectivity index (χ3v) is 0. The fourth-order valence-electron chi connectivity index (χ4n) is 0. The van der Waals surface area contributed by atoms with Crippen molar-refractivity contribution in [2.45, 2.75) is 13.4 Å². The van der Waals surface area contributed by atoms with Gasteiger partial charge in [0.2, 0.25) is 0 Å². The predicted molar refractivity (Wildman–Crippen MR) is 25.1 cm³/mol. The normalized spacial score (nSPS) is 7.64. The molecule has 0 aliphatic heterocycles.